The van der Waals surface area contributed by atoms with Gasteiger partial charge in [-0.05, 0) is 5.41 Å². The number of rotatable bonds is 2. The molecule has 0 unspecified atom stereocenters. The summed E-state index contributed by atoms with van der Waals surface area (Å²) in [4.78, 5) is 0. The molecule has 0 spiro atoms. The monoisotopic (exact) mass is 339 g/mol. The van der Waals surface area contributed by atoms with Crippen molar-refractivity contribution >= 4 is 0 Å². The summed E-state index contributed by atoms with van der Waals surface area (Å²) < 4.78 is 0. The zero-order valence-electron chi connectivity index (χ0n) is 13.1. The Morgan fingerprint density at radius 2 is 1.65 bits per heavy atom. The van der Waals surface area contributed by atoms with Crippen LogP contribution in [0.25, 0.3) is 11.1 Å². The standard InChI is InChI=1S/C19H22.Y/c1-14(2)17-12-11-16(13-18(17)19(3,4)5)15-9-7-6-8-10-15;/h6-9,11-12,14H,1-5H3;/q-2;. The number of hydrogen-bond acceptors (Lipinski definition) is 0. The molecule has 0 aliphatic heterocycles. The topological polar surface area (TPSA) is 0 Å². The summed E-state index contributed by atoms with van der Waals surface area (Å²) in [5, 5.41) is 0. The Morgan fingerprint density at radius 3 is 2.15 bits per heavy atom. The van der Waals surface area contributed by atoms with Crippen LogP contribution in [-0.2, 0) is 38.1 Å². The van der Waals surface area contributed by atoms with E-state index >= 15 is 0 Å². The second-order valence-electron chi connectivity index (χ2n) is 6.38. The van der Waals surface area contributed by atoms with Crippen molar-refractivity contribution in [3.05, 3.63) is 59.7 Å². The van der Waals surface area contributed by atoms with Crippen molar-refractivity contribution in [2.75, 3.05) is 0 Å². The molecule has 0 nitrogen and oxygen atoms in total. The Morgan fingerprint density at radius 1 is 0.950 bits per heavy atom. The van der Waals surface area contributed by atoms with Crippen molar-refractivity contribution in [1.29, 1.82) is 0 Å². The molecule has 0 heterocycles. The van der Waals surface area contributed by atoms with E-state index in [9.17, 15) is 0 Å². The predicted molar refractivity (Wildman–Crippen MR) is 82.3 cm³/mol. The Hall–Kier alpha value is -0.456. The van der Waals surface area contributed by atoms with Gasteiger partial charge in [-0.2, -0.15) is 42.5 Å². The van der Waals surface area contributed by atoms with Crippen molar-refractivity contribution in [1.82, 2.24) is 0 Å². The van der Waals surface area contributed by atoms with Gasteiger partial charge in [-0.25, -0.2) is 11.1 Å². The normalized spacial score (nSPS) is 11.3. The first-order chi connectivity index (χ1) is 8.89. The van der Waals surface area contributed by atoms with Crippen molar-refractivity contribution in [2.45, 2.75) is 46.0 Å². The quantitative estimate of drug-likeness (QED) is 0.645. The van der Waals surface area contributed by atoms with E-state index in [-0.39, 0.29) is 38.1 Å². The maximum Gasteiger partial charge on any atom is 0 e. The van der Waals surface area contributed by atoms with Gasteiger partial charge in [0.25, 0.3) is 0 Å². The van der Waals surface area contributed by atoms with Crippen LogP contribution in [0.3, 0.4) is 0 Å². The van der Waals surface area contributed by atoms with Crippen LogP contribution < -0.4 is 0 Å². The van der Waals surface area contributed by atoms with E-state index in [0.717, 1.165) is 11.1 Å². The van der Waals surface area contributed by atoms with Gasteiger partial charge < -0.3 is 0 Å². The van der Waals surface area contributed by atoms with Crippen LogP contribution in [0.5, 0.6) is 0 Å². The molecule has 0 N–H and O–H groups in total. The molecule has 0 atom stereocenters. The molecule has 103 valence electrons. The van der Waals surface area contributed by atoms with Crippen molar-refractivity contribution < 1.29 is 32.7 Å². The Bertz CT molecular complexity index is 548. The molecule has 2 rings (SSSR count). The fraction of sp³-hybridized carbons (Fsp3) is 0.368. The minimum Gasteiger partial charge on any atom is -0.226 e. The zero-order valence-corrected chi connectivity index (χ0v) is 16.0. The predicted octanol–water partition coefficient (Wildman–Crippen LogP) is 5.37. The fourth-order valence-corrected chi connectivity index (χ4v) is 2.32. The van der Waals surface area contributed by atoms with Crippen LogP contribution in [0.1, 0.15) is 51.7 Å². The van der Waals surface area contributed by atoms with Crippen molar-refractivity contribution in [3.63, 3.8) is 0 Å². The molecule has 0 aliphatic rings. The van der Waals surface area contributed by atoms with Crippen LogP contribution in [0.15, 0.2) is 36.4 Å². The molecule has 1 heteroatoms. The van der Waals surface area contributed by atoms with E-state index in [4.69, 9.17) is 0 Å². The van der Waals surface area contributed by atoms with E-state index in [2.05, 4.69) is 65.0 Å². The van der Waals surface area contributed by atoms with Gasteiger partial charge in [0, 0.05) is 32.7 Å². The van der Waals surface area contributed by atoms with Gasteiger partial charge in [0.05, 0.1) is 0 Å². The van der Waals surface area contributed by atoms with E-state index in [1.165, 1.54) is 11.1 Å². The molecule has 0 fully saturated rings. The van der Waals surface area contributed by atoms with Gasteiger partial charge in [0.15, 0.2) is 0 Å². The summed E-state index contributed by atoms with van der Waals surface area (Å²) >= 11 is 0. The fourth-order valence-electron chi connectivity index (χ4n) is 2.32. The van der Waals surface area contributed by atoms with Gasteiger partial charge in [-0.3, -0.25) is 0 Å². The van der Waals surface area contributed by atoms with Gasteiger partial charge in [-0.15, -0.1) is 17.2 Å². The molecular weight excluding hydrogens is 317 g/mol. The summed E-state index contributed by atoms with van der Waals surface area (Å²) in [6, 6.07) is 19.4. The molecular formula is C19H22Y-2. The molecule has 0 saturated heterocycles. The second-order valence-corrected chi connectivity index (χ2v) is 6.38. The van der Waals surface area contributed by atoms with Crippen molar-refractivity contribution in [2.24, 2.45) is 0 Å². The van der Waals surface area contributed by atoms with Gasteiger partial charge in [-0.1, -0.05) is 40.5 Å². The number of hydrogen-bond donors (Lipinski definition) is 0. The summed E-state index contributed by atoms with van der Waals surface area (Å²) in [6.07, 6.45) is 0. The Balaban J connectivity index is 0.00000200. The molecule has 1 radical (unpaired) electrons. The minimum atomic E-state index is 0. The zero-order chi connectivity index (χ0) is 14.0. The van der Waals surface area contributed by atoms with Gasteiger partial charge in [0.1, 0.15) is 0 Å². The number of benzene rings is 2. The van der Waals surface area contributed by atoms with Crippen molar-refractivity contribution in [3.8, 4) is 11.1 Å². The summed E-state index contributed by atoms with van der Waals surface area (Å²) in [5.74, 6) is 0.527. The van der Waals surface area contributed by atoms with E-state index in [1.54, 1.807) is 0 Å². The largest absolute Gasteiger partial charge is 0.226 e. The molecule has 0 amide bonds. The van der Waals surface area contributed by atoms with E-state index in [1.807, 2.05) is 18.2 Å². The van der Waals surface area contributed by atoms with Gasteiger partial charge >= 0.3 is 0 Å². The average Bonchev–Trinajstić information content (AvgIpc) is 2.38. The maximum atomic E-state index is 3.62. The summed E-state index contributed by atoms with van der Waals surface area (Å²) in [5.41, 5.74) is 5.08. The summed E-state index contributed by atoms with van der Waals surface area (Å²) in [7, 11) is 0. The van der Waals surface area contributed by atoms with E-state index < -0.39 is 0 Å². The molecule has 20 heavy (non-hydrogen) atoms. The first kappa shape index (κ1) is 17.6. The van der Waals surface area contributed by atoms with Crippen LogP contribution in [-0.4, -0.2) is 0 Å². The first-order valence-corrected chi connectivity index (χ1v) is 6.93. The van der Waals surface area contributed by atoms with E-state index in [0.29, 0.717) is 5.92 Å². The minimum absolute atomic E-state index is 0. The molecule has 2 aromatic rings. The van der Waals surface area contributed by atoms with Crippen LogP contribution in [0, 0.1) is 12.1 Å². The Kier molecular flexibility index (Phi) is 6.16. The summed E-state index contributed by atoms with van der Waals surface area (Å²) in [6.45, 7) is 11.2. The maximum absolute atomic E-state index is 3.62. The molecule has 0 bridgehead atoms. The third-order valence-corrected chi connectivity index (χ3v) is 3.35. The first-order valence-electron chi connectivity index (χ1n) is 6.93. The smallest absolute Gasteiger partial charge is 0 e. The third-order valence-electron chi connectivity index (χ3n) is 3.35. The molecule has 0 aromatic heterocycles. The molecule has 0 saturated carbocycles. The van der Waals surface area contributed by atoms with Crippen LogP contribution >= 0.6 is 0 Å². The van der Waals surface area contributed by atoms with Gasteiger partial charge in [0.2, 0.25) is 0 Å². The second kappa shape index (κ2) is 7.01. The Labute approximate surface area is 148 Å². The average molecular weight is 339 g/mol. The third kappa shape index (κ3) is 4.02. The SMILES string of the molecule is CC(C)c1ccc(-c2[c-]cccc2)[c-]c1C(C)(C)C.[Y]. The van der Waals surface area contributed by atoms with Crippen LogP contribution in [0.2, 0.25) is 0 Å². The molecule has 0 aliphatic carbocycles. The molecule has 2 aromatic carbocycles. The van der Waals surface area contributed by atoms with Crippen LogP contribution in [0.4, 0.5) is 0 Å².